The lowest BCUT2D eigenvalue weighted by Gasteiger charge is -2.05. The van der Waals surface area contributed by atoms with Gasteiger partial charge in [0.15, 0.2) is 0 Å². The Labute approximate surface area is 141 Å². The van der Waals surface area contributed by atoms with Crippen LogP contribution in [0.25, 0.3) is 0 Å². The van der Waals surface area contributed by atoms with Gasteiger partial charge in [0, 0.05) is 13.4 Å². The summed E-state index contributed by atoms with van der Waals surface area (Å²) in [6.45, 7) is 2.15. The van der Waals surface area contributed by atoms with Crippen molar-refractivity contribution in [1.82, 2.24) is 0 Å². The van der Waals surface area contributed by atoms with E-state index in [0.717, 1.165) is 13.4 Å². The fourth-order valence-corrected chi connectivity index (χ4v) is 2.98. The highest BCUT2D eigenvalue weighted by Crippen LogP contribution is 2.29. The fourth-order valence-electron chi connectivity index (χ4n) is 1.66. The van der Waals surface area contributed by atoms with Crippen molar-refractivity contribution in [2.24, 2.45) is 0 Å². The number of hydrogen-bond donors (Lipinski definition) is 0. The lowest BCUT2D eigenvalue weighted by molar-refractivity contribution is 0.0526. The minimum absolute atomic E-state index is 0.310. The third-order valence-corrected chi connectivity index (χ3v) is 4.60. The van der Waals surface area contributed by atoms with Crippen molar-refractivity contribution in [2.75, 3.05) is 6.61 Å². The van der Waals surface area contributed by atoms with Gasteiger partial charge in [-0.15, -0.1) is 0 Å². The molecule has 2 rings (SSSR count). The van der Waals surface area contributed by atoms with Crippen LogP contribution in [-0.2, 0) is 4.74 Å². The number of benzene rings is 2. The number of nitriles is 1. The van der Waals surface area contributed by atoms with E-state index >= 15 is 0 Å². The number of carbonyl (C=O) groups excluding carboxylic acids is 1. The Morgan fingerprint density at radius 1 is 1.24 bits per heavy atom. The van der Waals surface area contributed by atoms with Gasteiger partial charge in [-0.25, -0.2) is 4.79 Å². The van der Waals surface area contributed by atoms with Crippen LogP contribution in [0.3, 0.4) is 0 Å². The van der Waals surface area contributed by atoms with Gasteiger partial charge in [-0.3, -0.25) is 0 Å². The Morgan fingerprint density at radius 3 is 2.52 bits per heavy atom. The van der Waals surface area contributed by atoms with Gasteiger partial charge in [-0.1, -0.05) is 11.8 Å². The van der Waals surface area contributed by atoms with Gasteiger partial charge in [0.1, 0.15) is 6.07 Å². The molecule has 5 heteroatoms. The van der Waals surface area contributed by atoms with E-state index in [0.29, 0.717) is 17.7 Å². The SMILES string of the molecule is CCOC(=O)c1ccc(Sc2ccc(I)c(C#N)c2)cc1. The third-order valence-electron chi connectivity index (χ3n) is 2.66. The first-order chi connectivity index (χ1) is 10.1. The van der Waals surface area contributed by atoms with Gasteiger partial charge in [0.05, 0.1) is 17.7 Å². The molecule has 0 unspecified atom stereocenters. The summed E-state index contributed by atoms with van der Waals surface area (Å²) < 4.78 is 5.89. The first kappa shape index (κ1) is 15.9. The quantitative estimate of drug-likeness (QED) is 0.552. The Morgan fingerprint density at radius 2 is 1.90 bits per heavy atom. The van der Waals surface area contributed by atoms with E-state index in [4.69, 9.17) is 10.00 Å². The highest BCUT2D eigenvalue weighted by molar-refractivity contribution is 14.1. The molecule has 3 nitrogen and oxygen atoms in total. The molecule has 0 aliphatic rings. The maximum atomic E-state index is 11.6. The minimum Gasteiger partial charge on any atom is -0.462 e. The molecule has 0 aliphatic carbocycles. The summed E-state index contributed by atoms with van der Waals surface area (Å²) in [7, 11) is 0. The van der Waals surface area contributed by atoms with Crippen molar-refractivity contribution in [1.29, 1.82) is 5.26 Å². The average molecular weight is 409 g/mol. The highest BCUT2D eigenvalue weighted by Gasteiger charge is 2.07. The predicted octanol–water partition coefficient (Wildman–Crippen LogP) is 4.49. The summed E-state index contributed by atoms with van der Waals surface area (Å²) >= 11 is 3.70. The maximum absolute atomic E-state index is 11.6. The van der Waals surface area contributed by atoms with Crippen molar-refractivity contribution in [3.63, 3.8) is 0 Å². The van der Waals surface area contributed by atoms with E-state index in [1.165, 1.54) is 0 Å². The van der Waals surface area contributed by atoms with E-state index in [1.807, 2.05) is 30.3 Å². The summed E-state index contributed by atoms with van der Waals surface area (Å²) in [6.07, 6.45) is 0. The van der Waals surface area contributed by atoms with E-state index in [1.54, 1.807) is 30.8 Å². The minimum atomic E-state index is -0.310. The molecule has 0 bridgehead atoms. The second-order valence-corrected chi connectivity index (χ2v) is 6.41. The molecule has 0 fully saturated rings. The number of esters is 1. The number of nitrogens with zero attached hydrogens (tertiary/aromatic N) is 1. The number of carbonyl (C=O) groups is 1. The molecule has 0 aliphatic heterocycles. The van der Waals surface area contributed by atoms with Crippen LogP contribution in [0.2, 0.25) is 0 Å². The third kappa shape index (κ3) is 4.22. The first-order valence-electron chi connectivity index (χ1n) is 6.28. The molecule has 0 spiro atoms. The first-order valence-corrected chi connectivity index (χ1v) is 8.18. The molecule has 0 heterocycles. The fraction of sp³-hybridized carbons (Fsp3) is 0.125. The summed E-state index contributed by atoms with van der Waals surface area (Å²) in [5.74, 6) is -0.310. The van der Waals surface area contributed by atoms with E-state index in [2.05, 4.69) is 28.7 Å². The normalized spacial score (nSPS) is 9.95. The number of halogens is 1. The van der Waals surface area contributed by atoms with Crippen molar-refractivity contribution < 1.29 is 9.53 Å². The Hall–Kier alpha value is -1.52. The number of hydrogen-bond acceptors (Lipinski definition) is 4. The standard InChI is InChI=1S/C16H12INO2S/c1-2-20-16(19)11-3-5-13(6-4-11)21-14-7-8-15(17)12(9-14)10-18/h3-9H,2H2,1H3. The highest BCUT2D eigenvalue weighted by atomic mass is 127. The van der Waals surface area contributed by atoms with Crippen LogP contribution in [0.5, 0.6) is 0 Å². The van der Waals surface area contributed by atoms with Gasteiger partial charge in [-0.05, 0) is 72.0 Å². The Bertz CT molecular complexity index is 692. The number of rotatable bonds is 4. The van der Waals surface area contributed by atoms with Crippen LogP contribution in [-0.4, -0.2) is 12.6 Å². The zero-order valence-corrected chi connectivity index (χ0v) is 14.3. The molecule has 0 N–H and O–H groups in total. The van der Waals surface area contributed by atoms with E-state index < -0.39 is 0 Å². The molecule has 21 heavy (non-hydrogen) atoms. The molecule has 0 saturated carbocycles. The van der Waals surface area contributed by atoms with Crippen molar-refractivity contribution in [3.8, 4) is 6.07 Å². The van der Waals surface area contributed by atoms with Gasteiger partial charge in [0.2, 0.25) is 0 Å². The zero-order valence-electron chi connectivity index (χ0n) is 11.3. The van der Waals surface area contributed by atoms with Crippen LogP contribution in [0, 0.1) is 14.9 Å². The Kier molecular flexibility index (Phi) is 5.65. The molecule has 2 aromatic carbocycles. The Balaban J connectivity index is 2.14. The monoisotopic (exact) mass is 409 g/mol. The summed E-state index contributed by atoms with van der Waals surface area (Å²) in [5, 5.41) is 9.04. The molecule has 0 radical (unpaired) electrons. The lowest BCUT2D eigenvalue weighted by atomic mass is 10.2. The van der Waals surface area contributed by atoms with Gasteiger partial charge < -0.3 is 4.74 Å². The summed E-state index contributed by atoms with van der Waals surface area (Å²) in [4.78, 5) is 13.6. The average Bonchev–Trinajstić information content (AvgIpc) is 2.50. The molecular formula is C16H12INO2S. The van der Waals surface area contributed by atoms with Crippen LogP contribution >= 0.6 is 34.4 Å². The number of ether oxygens (including phenoxy) is 1. The van der Waals surface area contributed by atoms with Crippen LogP contribution < -0.4 is 0 Å². The molecular weight excluding hydrogens is 397 g/mol. The van der Waals surface area contributed by atoms with Crippen molar-refractivity contribution in [2.45, 2.75) is 16.7 Å². The van der Waals surface area contributed by atoms with Crippen LogP contribution in [0.1, 0.15) is 22.8 Å². The maximum Gasteiger partial charge on any atom is 0.338 e. The molecule has 106 valence electrons. The largest absolute Gasteiger partial charge is 0.462 e. The van der Waals surface area contributed by atoms with Gasteiger partial charge >= 0.3 is 5.97 Å². The topological polar surface area (TPSA) is 50.1 Å². The summed E-state index contributed by atoms with van der Waals surface area (Å²) in [6, 6.07) is 15.2. The molecule has 0 saturated heterocycles. The van der Waals surface area contributed by atoms with Crippen molar-refractivity contribution in [3.05, 3.63) is 57.2 Å². The predicted molar refractivity (Wildman–Crippen MR) is 90.4 cm³/mol. The molecule has 0 aromatic heterocycles. The lowest BCUT2D eigenvalue weighted by Crippen LogP contribution is -2.03. The summed E-state index contributed by atoms with van der Waals surface area (Å²) in [5.41, 5.74) is 1.21. The second-order valence-electron chi connectivity index (χ2n) is 4.10. The molecule has 2 aromatic rings. The second kappa shape index (κ2) is 7.48. The van der Waals surface area contributed by atoms with E-state index in [9.17, 15) is 4.79 Å². The van der Waals surface area contributed by atoms with Crippen LogP contribution in [0.15, 0.2) is 52.3 Å². The van der Waals surface area contributed by atoms with Crippen LogP contribution in [0.4, 0.5) is 0 Å². The van der Waals surface area contributed by atoms with Gasteiger partial charge in [-0.2, -0.15) is 5.26 Å². The molecule has 0 atom stereocenters. The zero-order chi connectivity index (χ0) is 15.2. The van der Waals surface area contributed by atoms with Gasteiger partial charge in [0.25, 0.3) is 0 Å². The molecule has 0 amide bonds. The van der Waals surface area contributed by atoms with E-state index in [-0.39, 0.29) is 5.97 Å². The van der Waals surface area contributed by atoms with Crippen molar-refractivity contribution >= 4 is 40.3 Å². The smallest absolute Gasteiger partial charge is 0.338 e.